The molecule has 0 bridgehead atoms. The second-order valence-electron chi connectivity index (χ2n) is 9.08. The van der Waals surface area contributed by atoms with E-state index >= 15 is 0 Å². The highest BCUT2D eigenvalue weighted by Crippen LogP contribution is 2.41. The van der Waals surface area contributed by atoms with E-state index in [1.807, 2.05) is 0 Å². The van der Waals surface area contributed by atoms with E-state index in [0.29, 0.717) is 5.56 Å². The lowest BCUT2D eigenvalue weighted by Crippen LogP contribution is -2.22. The van der Waals surface area contributed by atoms with E-state index in [1.54, 1.807) is 38.1 Å². The topological polar surface area (TPSA) is 166 Å². The molecule has 4 aromatic rings. The fourth-order valence-corrected chi connectivity index (χ4v) is 4.51. The van der Waals surface area contributed by atoms with Crippen LogP contribution in [0.3, 0.4) is 0 Å². The number of aliphatic hydroxyl groups is 2. The minimum atomic E-state index is -4.39. The van der Waals surface area contributed by atoms with Crippen LogP contribution in [-0.4, -0.2) is 64.9 Å². The lowest BCUT2D eigenvalue weighted by atomic mass is 9.86. The van der Waals surface area contributed by atoms with Gasteiger partial charge in [-0.1, -0.05) is 38.1 Å². The van der Waals surface area contributed by atoms with Gasteiger partial charge in [0.1, 0.15) is 6.61 Å². The Balaban J connectivity index is 1.88. The van der Waals surface area contributed by atoms with Crippen LogP contribution in [-0.2, 0) is 15.4 Å². The molecule has 4 rings (SSSR count). The van der Waals surface area contributed by atoms with Gasteiger partial charge in [-0.3, -0.25) is 4.72 Å². The molecule has 0 atom stereocenters. The van der Waals surface area contributed by atoms with E-state index in [0.717, 1.165) is 0 Å². The molecule has 216 valence electrons. The number of nitrogens with one attached hydrogen (secondary N) is 1. The molecule has 0 amide bonds. The number of nitrogens with zero attached hydrogens (tertiary/aromatic N) is 4. The Morgan fingerprint density at radius 2 is 1.61 bits per heavy atom. The number of hydrogen-bond donors (Lipinski definition) is 3. The van der Waals surface area contributed by atoms with Gasteiger partial charge in [0, 0.05) is 17.8 Å². The van der Waals surface area contributed by atoms with Crippen molar-refractivity contribution in [2.75, 3.05) is 31.1 Å². The van der Waals surface area contributed by atoms with Gasteiger partial charge < -0.3 is 24.4 Å². The molecule has 3 N–H and O–H groups in total. The molecule has 0 saturated heterocycles. The van der Waals surface area contributed by atoms with Gasteiger partial charge in [0.15, 0.2) is 23.1 Å². The predicted molar refractivity (Wildman–Crippen MR) is 151 cm³/mol. The first kappa shape index (κ1) is 24.5. The smallest absolute Gasteiger partial charge is 0.263 e. The van der Waals surface area contributed by atoms with Crippen LogP contribution >= 0.6 is 0 Å². The molecule has 0 fully saturated rings. The fraction of sp³-hybridized carbons (Fsp3) is 0.286. The Kier molecular flexibility index (Phi) is 7.69. The van der Waals surface area contributed by atoms with Crippen LogP contribution in [0.2, 0.25) is 0 Å². The Bertz CT molecular complexity index is 1740. The van der Waals surface area contributed by atoms with Crippen molar-refractivity contribution in [3.05, 3.63) is 72.6 Å². The van der Waals surface area contributed by atoms with Gasteiger partial charge >= 0.3 is 0 Å². The average Bonchev–Trinajstić information content (AvgIpc) is 2.97. The zero-order valence-electron chi connectivity index (χ0n) is 26.4. The number of aliphatic hydroxyl groups excluding tert-OH is 1. The number of ether oxygens (including phenoxy) is 3. The molecule has 2 aromatic carbocycles. The zero-order chi connectivity index (χ0) is 33.0. The number of hydrogen-bond acceptors (Lipinski definition) is 11. The summed E-state index contributed by atoms with van der Waals surface area (Å²) in [7, 11) is -4.39. The molecule has 12 nitrogen and oxygen atoms in total. The van der Waals surface area contributed by atoms with Crippen molar-refractivity contribution < 1.29 is 38.3 Å². The van der Waals surface area contributed by atoms with Gasteiger partial charge in [0.25, 0.3) is 15.9 Å². The lowest BCUT2D eigenvalue weighted by molar-refractivity contribution is 0.192. The second-order valence-corrected chi connectivity index (χ2v) is 10.8. The molecule has 2 heterocycles. The van der Waals surface area contributed by atoms with E-state index in [2.05, 4.69) is 24.7 Å². The highest BCUT2D eigenvalue weighted by Gasteiger charge is 2.27. The maximum atomic E-state index is 13.6. The van der Waals surface area contributed by atoms with Gasteiger partial charge in [-0.05, 0) is 42.8 Å². The molecule has 41 heavy (non-hydrogen) atoms. The van der Waals surface area contributed by atoms with Crippen LogP contribution in [0.1, 0.15) is 31.8 Å². The highest BCUT2D eigenvalue weighted by atomic mass is 32.2. The minimum Gasteiger partial charge on any atom is -0.490 e. The SMILES string of the molecule is [2H]C([2H])(O)COc1nc(-c2ncccn2)nc(NS(=O)(=O)c2ccc(C(C)(C)CO)cc2)c1Oc1ccccc1OC([2H])([2H])C. The molecule has 13 heteroatoms. The molecule has 0 spiro atoms. The molecule has 0 saturated carbocycles. The summed E-state index contributed by atoms with van der Waals surface area (Å²) >= 11 is 0. The van der Waals surface area contributed by atoms with Crippen LogP contribution in [0.5, 0.6) is 23.1 Å². The molecule has 2 aromatic heterocycles. The summed E-state index contributed by atoms with van der Waals surface area (Å²) in [6.07, 6.45) is 2.79. The largest absolute Gasteiger partial charge is 0.490 e. The Morgan fingerprint density at radius 1 is 0.927 bits per heavy atom. The molecular weight excluding hydrogens is 550 g/mol. The number of anilines is 1. The van der Waals surface area contributed by atoms with E-state index in [4.69, 9.17) is 19.7 Å². The van der Waals surface area contributed by atoms with E-state index in [9.17, 15) is 18.6 Å². The van der Waals surface area contributed by atoms with Gasteiger partial charge in [-0.15, -0.1) is 0 Å². The monoisotopic (exact) mass is 585 g/mol. The molecule has 0 aliphatic carbocycles. The van der Waals surface area contributed by atoms with Crippen molar-refractivity contribution in [2.24, 2.45) is 0 Å². The van der Waals surface area contributed by atoms with E-state index < -0.39 is 52.6 Å². The normalized spacial score (nSPS) is 13.8. The van der Waals surface area contributed by atoms with E-state index in [1.165, 1.54) is 49.6 Å². The lowest BCUT2D eigenvalue weighted by Gasteiger charge is -2.22. The third-order valence-electron chi connectivity index (χ3n) is 5.72. The maximum Gasteiger partial charge on any atom is 0.263 e. The fourth-order valence-electron chi connectivity index (χ4n) is 3.51. The van der Waals surface area contributed by atoms with Crippen LogP contribution in [0, 0.1) is 0 Å². The van der Waals surface area contributed by atoms with E-state index in [-0.39, 0.29) is 34.7 Å². The average molecular weight is 586 g/mol. The molecule has 0 aliphatic rings. The third kappa shape index (κ3) is 7.06. The predicted octanol–water partition coefficient (Wildman–Crippen LogP) is 3.57. The number of benzene rings is 2. The summed E-state index contributed by atoms with van der Waals surface area (Å²) in [4.78, 5) is 16.5. The summed E-state index contributed by atoms with van der Waals surface area (Å²) in [6, 6.07) is 13.3. The molecule has 0 unspecified atom stereocenters. The summed E-state index contributed by atoms with van der Waals surface area (Å²) in [5.41, 5.74) is 0.0708. The molecule has 0 radical (unpaired) electrons. The Hall–Kier alpha value is -4.33. The van der Waals surface area contributed by atoms with Crippen molar-refractivity contribution in [1.82, 2.24) is 19.9 Å². The quantitative estimate of drug-likeness (QED) is 0.210. The summed E-state index contributed by atoms with van der Waals surface area (Å²) in [6.45, 7) is -1.29. The number of rotatable bonds is 13. The van der Waals surface area contributed by atoms with Gasteiger partial charge in [-0.2, -0.15) is 4.98 Å². The number of para-hydroxylation sites is 2. The van der Waals surface area contributed by atoms with Crippen molar-refractivity contribution in [3.8, 4) is 34.8 Å². The number of sulfonamides is 1. The zero-order valence-corrected chi connectivity index (χ0v) is 23.2. The van der Waals surface area contributed by atoms with Crippen LogP contribution < -0.4 is 18.9 Å². The standard InChI is InChI=1S/C28H31N5O7S/c1-4-38-21-8-5-6-9-22(21)40-23-24(31-26(25-29-14-7-15-30-25)32-27(23)39-17-16-34)33-41(36,37)20-12-10-19(11-13-20)28(2,3)18-35/h5-15,34-35H,4,16-18H2,1-3H3,(H,31,32,33)/i4D2,16D2. The van der Waals surface area contributed by atoms with Crippen molar-refractivity contribution in [3.63, 3.8) is 0 Å². The highest BCUT2D eigenvalue weighted by molar-refractivity contribution is 7.92. The first-order valence-corrected chi connectivity index (χ1v) is 13.7. The molecule has 0 aliphatic heterocycles. The number of aromatic nitrogens is 4. The van der Waals surface area contributed by atoms with Crippen LogP contribution in [0.25, 0.3) is 11.6 Å². The van der Waals surface area contributed by atoms with Crippen LogP contribution in [0.15, 0.2) is 71.9 Å². The van der Waals surface area contributed by atoms with Crippen LogP contribution in [0.4, 0.5) is 5.82 Å². The first-order valence-electron chi connectivity index (χ1n) is 14.2. The molecular formula is C28H31N5O7S. The van der Waals surface area contributed by atoms with Crippen molar-refractivity contribution >= 4 is 15.8 Å². The van der Waals surface area contributed by atoms with Crippen molar-refractivity contribution in [2.45, 2.75) is 31.1 Å². The summed E-state index contributed by atoms with van der Waals surface area (Å²) < 4.78 is 77.1. The summed E-state index contributed by atoms with van der Waals surface area (Å²) in [5, 5.41) is 19.4. The van der Waals surface area contributed by atoms with Gasteiger partial charge in [0.2, 0.25) is 11.6 Å². The first-order chi connectivity index (χ1) is 21.0. The maximum absolute atomic E-state index is 13.6. The van der Waals surface area contributed by atoms with Gasteiger partial charge in [-0.25, -0.2) is 23.4 Å². The Morgan fingerprint density at radius 3 is 2.24 bits per heavy atom. The minimum absolute atomic E-state index is 0.0418. The van der Waals surface area contributed by atoms with Crippen molar-refractivity contribution in [1.29, 1.82) is 0 Å². The third-order valence-corrected chi connectivity index (χ3v) is 7.07. The Labute approximate surface area is 243 Å². The second kappa shape index (κ2) is 12.9. The van der Waals surface area contributed by atoms with Gasteiger partial charge in [0.05, 0.1) is 30.1 Å². The summed E-state index contributed by atoms with van der Waals surface area (Å²) in [5.74, 6) is -1.88.